The number of aryl methyl sites for hydroxylation is 1. The summed E-state index contributed by atoms with van der Waals surface area (Å²) in [7, 11) is 0. The fourth-order valence-corrected chi connectivity index (χ4v) is 1.15. The molecule has 0 fully saturated rings. The van der Waals surface area contributed by atoms with Gasteiger partial charge in [0.1, 0.15) is 0 Å². The predicted molar refractivity (Wildman–Crippen MR) is 45.6 cm³/mol. The lowest BCUT2D eigenvalue weighted by molar-refractivity contribution is -0.385. The Morgan fingerprint density at radius 3 is 2.93 bits per heavy atom. The van der Waals surface area contributed by atoms with Crippen LogP contribution in [0.25, 0.3) is 11.5 Å². The van der Waals surface area contributed by atoms with Gasteiger partial charge in [-0.15, -0.1) is 0 Å². The third-order valence-electron chi connectivity index (χ3n) is 1.76. The van der Waals surface area contributed by atoms with Crippen molar-refractivity contribution < 1.29 is 13.9 Å². The Morgan fingerprint density at radius 2 is 2.36 bits per heavy atom. The van der Waals surface area contributed by atoms with Gasteiger partial charge in [0.25, 0.3) is 5.76 Å². The van der Waals surface area contributed by atoms with Crippen LogP contribution in [0.1, 0.15) is 5.69 Å². The van der Waals surface area contributed by atoms with Crippen LogP contribution in [0.3, 0.4) is 0 Å². The number of nitrogens with zero attached hydrogens (tertiary/aromatic N) is 2. The van der Waals surface area contributed by atoms with Gasteiger partial charge in [-0.05, 0) is 19.1 Å². The Morgan fingerprint density at radius 1 is 1.57 bits per heavy atom. The first-order chi connectivity index (χ1) is 6.70. The molecule has 2 aromatic heterocycles. The number of furan rings is 1. The molecule has 6 heteroatoms. The Labute approximate surface area is 78.3 Å². The highest BCUT2D eigenvalue weighted by Gasteiger charge is 2.26. The van der Waals surface area contributed by atoms with E-state index in [-0.39, 0.29) is 17.1 Å². The van der Waals surface area contributed by atoms with Gasteiger partial charge in [0.2, 0.25) is 0 Å². The van der Waals surface area contributed by atoms with Crippen LogP contribution in [0.4, 0.5) is 5.69 Å². The van der Waals surface area contributed by atoms with E-state index in [4.69, 9.17) is 8.94 Å². The minimum atomic E-state index is -0.538. The lowest BCUT2D eigenvalue weighted by Crippen LogP contribution is -1.90. The molecule has 0 aliphatic carbocycles. The lowest BCUT2D eigenvalue weighted by atomic mass is 10.3. The average Bonchev–Trinajstić information content (AvgIpc) is 2.70. The van der Waals surface area contributed by atoms with E-state index in [1.54, 1.807) is 12.1 Å². The maximum atomic E-state index is 10.7. The van der Waals surface area contributed by atoms with E-state index in [2.05, 4.69) is 5.16 Å². The molecule has 2 aromatic rings. The molecule has 0 saturated carbocycles. The van der Waals surface area contributed by atoms with Gasteiger partial charge < -0.3 is 8.94 Å². The van der Waals surface area contributed by atoms with Crippen molar-refractivity contribution in [1.29, 1.82) is 0 Å². The Balaban J connectivity index is 2.60. The topological polar surface area (TPSA) is 82.3 Å². The number of hydrogen-bond donors (Lipinski definition) is 0. The second-order valence-electron chi connectivity index (χ2n) is 2.68. The van der Waals surface area contributed by atoms with Crippen LogP contribution in [0.5, 0.6) is 0 Å². The zero-order chi connectivity index (χ0) is 10.1. The highest BCUT2D eigenvalue weighted by molar-refractivity contribution is 5.64. The summed E-state index contributed by atoms with van der Waals surface area (Å²) in [6.45, 7) is 1.51. The van der Waals surface area contributed by atoms with Gasteiger partial charge in [0.05, 0.1) is 11.2 Å². The van der Waals surface area contributed by atoms with Crippen LogP contribution >= 0.6 is 0 Å². The van der Waals surface area contributed by atoms with Crippen molar-refractivity contribution in [3.05, 3.63) is 34.2 Å². The van der Waals surface area contributed by atoms with E-state index < -0.39 is 4.92 Å². The van der Waals surface area contributed by atoms with Gasteiger partial charge >= 0.3 is 5.69 Å². The third-order valence-corrected chi connectivity index (χ3v) is 1.76. The minimum Gasteiger partial charge on any atom is -0.461 e. The van der Waals surface area contributed by atoms with Crippen molar-refractivity contribution in [3.63, 3.8) is 0 Å². The highest BCUT2D eigenvalue weighted by Crippen LogP contribution is 2.32. The van der Waals surface area contributed by atoms with Crippen LogP contribution in [-0.4, -0.2) is 10.1 Å². The maximum Gasteiger partial charge on any atom is 0.342 e. The second-order valence-corrected chi connectivity index (χ2v) is 2.68. The third kappa shape index (κ3) is 1.17. The van der Waals surface area contributed by atoms with Gasteiger partial charge in [0, 0.05) is 0 Å². The summed E-state index contributed by atoms with van der Waals surface area (Å²) in [4.78, 5) is 10.1. The molecular weight excluding hydrogens is 188 g/mol. The molecule has 2 heterocycles. The lowest BCUT2D eigenvalue weighted by Gasteiger charge is -1.89. The fraction of sp³-hybridized carbons (Fsp3) is 0.125. The standard InChI is InChI=1S/C8H6N2O4/c1-5-7(10(11)12)8(14-9-5)6-3-2-4-13-6/h2-4H,1H3. The molecular formula is C8H6N2O4. The van der Waals surface area contributed by atoms with Crippen LogP contribution < -0.4 is 0 Å². The predicted octanol–water partition coefficient (Wildman–Crippen LogP) is 2.15. The molecule has 0 saturated heterocycles. The van der Waals surface area contributed by atoms with E-state index >= 15 is 0 Å². The van der Waals surface area contributed by atoms with Gasteiger partial charge in [-0.25, -0.2) is 0 Å². The van der Waals surface area contributed by atoms with E-state index in [0.717, 1.165) is 0 Å². The summed E-state index contributed by atoms with van der Waals surface area (Å²) in [6, 6.07) is 3.20. The molecule has 0 unspecified atom stereocenters. The quantitative estimate of drug-likeness (QED) is 0.540. The number of hydrogen-bond acceptors (Lipinski definition) is 5. The van der Waals surface area contributed by atoms with Crippen molar-refractivity contribution in [1.82, 2.24) is 5.16 Å². The van der Waals surface area contributed by atoms with Crippen LogP contribution in [0, 0.1) is 17.0 Å². The average molecular weight is 194 g/mol. The Hall–Kier alpha value is -2.11. The number of rotatable bonds is 2. The molecule has 0 radical (unpaired) electrons. The van der Waals surface area contributed by atoms with E-state index in [1.165, 1.54) is 13.2 Å². The molecule has 0 bridgehead atoms. The summed E-state index contributed by atoms with van der Waals surface area (Å²) in [5, 5.41) is 14.2. The minimum absolute atomic E-state index is 0.0532. The number of aromatic nitrogens is 1. The van der Waals surface area contributed by atoms with Crippen molar-refractivity contribution >= 4 is 5.69 Å². The van der Waals surface area contributed by atoms with Crippen molar-refractivity contribution in [2.75, 3.05) is 0 Å². The first-order valence-electron chi connectivity index (χ1n) is 3.84. The molecule has 0 atom stereocenters. The van der Waals surface area contributed by atoms with E-state index in [9.17, 15) is 10.1 Å². The zero-order valence-electron chi connectivity index (χ0n) is 7.26. The molecule has 0 amide bonds. The molecule has 72 valence electrons. The van der Waals surface area contributed by atoms with Gasteiger partial charge in [-0.3, -0.25) is 10.1 Å². The summed E-state index contributed by atoms with van der Waals surface area (Å²) in [5.41, 5.74) is 0.0846. The second kappa shape index (κ2) is 2.99. The first-order valence-corrected chi connectivity index (χ1v) is 3.84. The molecule has 0 aromatic carbocycles. The molecule has 0 spiro atoms. The van der Waals surface area contributed by atoms with Crippen molar-refractivity contribution in [2.45, 2.75) is 6.92 Å². The van der Waals surface area contributed by atoms with Crippen molar-refractivity contribution in [2.24, 2.45) is 0 Å². The van der Waals surface area contributed by atoms with Crippen LogP contribution in [-0.2, 0) is 0 Å². The fourth-order valence-electron chi connectivity index (χ4n) is 1.15. The van der Waals surface area contributed by atoms with E-state index in [0.29, 0.717) is 5.76 Å². The first kappa shape index (κ1) is 8.49. The van der Waals surface area contributed by atoms with Gasteiger partial charge in [-0.1, -0.05) is 5.16 Å². The number of nitro groups is 1. The molecule has 14 heavy (non-hydrogen) atoms. The van der Waals surface area contributed by atoms with Gasteiger partial charge in [0.15, 0.2) is 11.5 Å². The summed E-state index contributed by atoms with van der Waals surface area (Å²) >= 11 is 0. The Kier molecular flexibility index (Phi) is 1.81. The Bertz CT molecular complexity index is 458. The van der Waals surface area contributed by atoms with Gasteiger partial charge in [-0.2, -0.15) is 0 Å². The molecule has 0 N–H and O–H groups in total. The zero-order valence-corrected chi connectivity index (χ0v) is 7.26. The van der Waals surface area contributed by atoms with E-state index in [1.807, 2.05) is 0 Å². The maximum absolute atomic E-state index is 10.7. The van der Waals surface area contributed by atoms with Crippen LogP contribution in [0.15, 0.2) is 27.3 Å². The summed E-state index contributed by atoms with van der Waals surface area (Å²) < 4.78 is 9.80. The SMILES string of the molecule is Cc1noc(-c2ccco2)c1[N+](=O)[O-]. The largest absolute Gasteiger partial charge is 0.461 e. The van der Waals surface area contributed by atoms with Crippen LogP contribution in [0.2, 0.25) is 0 Å². The highest BCUT2D eigenvalue weighted by atomic mass is 16.6. The normalized spacial score (nSPS) is 10.4. The molecule has 2 rings (SSSR count). The monoisotopic (exact) mass is 194 g/mol. The smallest absolute Gasteiger partial charge is 0.342 e. The van der Waals surface area contributed by atoms with Crippen molar-refractivity contribution in [3.8, 4) is 11.5 Å². The molecule has 6 nitrogen and oxygen atoms in total. The molecule has 0 aliphatic rings. The summed E-state index contributed by atoms with van der Waals surface area (Å²) in [5.74, 6) is 0.356. The molecule has 0 aliphatic heterocycles. The summed E-state index contributed by atoms with van der Waals surface area (Å²) in [6.07, 6.45) is 1.41.